The summed E-state index contributed by atoms with van der Waals surface area (Å²) in [6.07, 6.45) is 0. The van der Waals surface area contributed by atoms with Gasteiger partial charge in [-0.3, -0.25) is 0 Å². The number of nitriles is 1. The van der Waals surface area contributed by atoms with E-state index < -0.39 is 0 Å². The molecule has 0 aliphatic carbocycles. The Kier molecular flexibility index (Phi) is 3.15. The molecule has 0 aliphatic heterocycles. The van der Waals surface area contributed by atoms with Crippen molar-refractivity contribution in [2.45, 2.75) is 20.4 Å². The smallest absolute Gasteiger partial charge is 0.102 e. The Morgan fingerprint density at radius 2 is 1.86 bits per heavy atom. The van der Waals surface area contributed by atoms with Crippen LogP contribution in [0, 0.1) is 18.3 Å². The van der Waals surface area contributed by atoms with Gasteiger partial charge in [-0.05, 0) is 43.2 Å². The van der Waals surface area contributed by atoms with E-state index in [9.17, 15) is 5.26 Å². The third-order valence-electron chi connectivity index (χ3n) is 3.83. The molecule has 0 radical (unpaired) electrons. The highest BCUT2D eigenvalue weighted by molar-refractivity contribution is 5.95. The molecule has 0 unspecified atom stereocenters. The molecule has 21 heavy (non-hydrogen) atoms. The molecule has 104 valence electrons. The lowest BCUT2D eigenvalue weighted by atomic mass is 10.1. The summed E-state index contributed by atoms with van der Waals surface area (Å²) in [6, 6.07) is 16.3. The third-order valence-corrected chi connectivity index (χ3v) is 3.83. The van der Waals surface area contributed by atoms with Gasteiger partial charge in [0.15, 0.2) is 0 Å². The Balaban J connectivity index is 2.40. The minimum absolute atomic E-state index is 0.729. The van der Waals surface area contributed by atoms with Crippen LogP contribution in [0.4, 0.5) is 5.69 Å². The molecule has 0 atom stereocenters. The molecule has 0 saturated carbocycles. The fraction of sp³-hybridized carbons (Fsp3) is 0.167. The molecule has 3 nitrogen and oxygen atoms in total. The number of nitrogens with zero attached hydrogens (tertiary/aromatic N) is 2. The molecule has 2 N–H and O–H groups in total. The maximum absolute atomic E-state index is 9.62. The monoisotopic (exact) mass is 275 g/mol. The number of benzene rings is 2. The number of rotatable bonds is 2. The summed E-state index contributed by atoms with van der Waals surface area (Å²) in [5.74, 6) is 0. The maximum atomic E-state index is 9.62. The molecule has 0 spiro atoms. The highest BCUT2D eigenvalue weighted by Crippen LogP contribution is 2.34. The molecule has 0 saturated heterocycles. The van der Waals surface area contributed by atoms with Crippen molar-refractivity contribution in [2.75, 3.05) is 5.73 Å². The zero-order chi connectivity index (χ0) is 15.0. The number of hydrogen-bond acceptors (Lipinski definition) is 2. The van der Waals surface area contributed by atoms with E-state index in [1.807, 2.05) is 30.3 Å². The van der Waals surface area contributed by atoms with Crippen LogP contribution in [-0.4, -0.2) is 4.57 Å². The first-order valence-electron chi connectivity index (χ1n) is 7.04. The van der Waals surface area contributed by atoms with Gasteiger partial charge in [-0.25, -0.2) is 0 Å². The van der Waals surface area contributed by atoms with Crippen LogP contribution in [0.2, 0.25) is 0 Å². The fourth-order valence-electron chi connectivity index (χ4n) is 2.84. The normalized spacial score (nSPS) is 10.7. The largest absolute Gasteiger partial charge is 0.399 e. The van der Waals surface area contributed by atoms with E-state index in [2.05, 4.69) is 36.6 Å². The van der Waals surface area contributed by atoms with Crippen LogP contribution in [0.1, 0.15) is 18.1 Å². The molecule has 3 aromatic rings. The second-order valence-corrected chi connectivity index (χ2v) is 5.22. The molecule has 1 aromatic heterocycles. The Labute approximate surface area is 124 Å². The van der Waals surface area contributed by atoms with Crippen LogP contribution in [-0.2, 0) is 6.54 Å². The Bertz CT molecular complexity index is 849. The van der Waals surface area contributed by atoms with Gasteiger partial charge < -0.3 is 10.3 Å². The second-order valence-electron chi connectivity index (χ2n) is 5.22. The lowest BCUT2D eigenvalue weighted by Crippen LogP contribution is -1.98. The SMILES string of the molecule is CCn1c(-c2ccc(N)cc2)c(C#N)c2ccc(C)cc21. The predicted octanol–water partition coefficient (Wildman–Crippen LogP) is 4.09. The lowest BCUT2D eigenvalue weighted by Gasteiger charge is -2.09. The summed E-state index contributed by atoms with van der Waals surface area (Å²) >= 11 is 0. The summed E-state index contributed by atoms with van der Waals surface area (Å²) in [5, 5.41) is 10.6. The summed E-state index contributed by atoms with van der Waals surface area (Å²) in [4.78, 5) is 0. The van der Waals surface area contributed by atoms with Crippen molar-refractivity contribution in [3.05, 3.63) is 53.6 Å². The average Bonchev–Trinajstić information content (AvgIpc) is 2.80. The van der Waals surface area contributed by atoms with Crippen LogP contribution in [0.5, 0.6) is 0 Å². The number of aromatic nitrogens is 1. The summed E-state index contributed by atoms with van der Waals surface area (Å²) in [5.41, 5.74) is 11.5. The number of aryl methyl sites for hydroxylation is 2. The van der Waals surface area contributed by atoms with Crippen molar-refractivity contribution in [3.8, 4) is 17.3 Å². The van der Waals surface area contributed by atoms with Crippen LogP contribution in [0.25, 0.3) is 22.2 Å². The summed E-state index contributed by atoms with van der Waals surface area (Å²) < 4.78 is 2.20. The molecular formula is C18H17N3. The van der Waals surface area contributed by atoms with E-state index >= 15 is 0 Å². The first kappa shape index (κ1) is 13.3. The van der Waals surface area contributed by atoms with Crippen molar-refractivity contribution in [2.24, 2.45) is 0 Å². The van der Waals surface area contributed by atoms with Crippen LogP contribution in [0.15, 0.2) is 42.5 Å². The van der Waals surface area contributed by atoms with Crippen molar-refractivity contribution in [3.63, 3.8) is 0 Å². The summed E-state index contributed by atoms with van der Waals surface area (Å²) in [6.45, 7) is 4.99. The van der Waals surface area contributed by atoms with Crippen LogP contribution < -0.4 is 5.73 Å². The first-order chi connectivity index (χ1) is 10.2. The lowest BCUT2D eigenvalue weighted by molar-refractivity contribution is 0.804. The van der Waals surface area contributed by atoms with Gasteiger partial charge >= 0.3 is 0 Å². The molecule has 0 fully saturated rings. The molecule has 1 heterocycles. The zero-order valence-electron chi connectivity index (χ0n) is 12.2. The minimum Gasteiger partial charge on any atom is -0.399 e. The van der Waals surface area contributed by atoms with Crippen LogP contribution in [0.3, 0.4) is 0 Å². The van der Waals surface area contributed by atoms with E-state index in [1.165, 1.54) is 5.56 Å². The van der Waals surface area contributed by atoms with Gasteiger partial charge in [0.1, 0.15) is 6.07 Å². The topological polar surface area (TPSA) is 54.7 Å². The van der Waals surface area contributed by atoms with Gasteiger partial charge in [-0.2, -0.15) is 5.26 Å². The number of nitrogen functional groups attached to an aromatic ring is 1. The quantitative estimate of drug-likeness (QED) is 0.716. The van der Waals surface area contributed by atoms with Crippen molar-refractivity contribution in [1.29, 1.82) is 5.26 Å². The fourth-order valence-corrected chi connectivity index (χ4v) is 2.84. The molecule has 3 heteroatoms. The molecule has 0 aliphatic rings. The second kappa shape index (κ2) is 4.99. The van der Waals surface area contributed by atoms with Crippen LogP contribution >= 0.6 is 0 Å². The Morgan fingerprint density at radius 1 is 1.14 bits per heavy atom. The predicted molar refractivity (Wildman–Crippen MR) is 86.9 cm³/mol. The van der Waals surface area contributed by atoms with E-state index in [0.717, 1.165) is 40.0 Å². The van der Waals surface area contributed by atoms with Gasteiger partial charge in [0.05, 0.1) is 16.8 Å². The van der Waals surface area contributed by atoms with Gasteiger partial charge in [0.2, 0.25) is 0 Å². The first-order valence-corrected chi connectivity index (χ1v) is 7.04. The number of anilines is 1. The standard InChI is InChI=1S/C18H17N3/c1-3-21-17-10-12(2)4-9-15(17)16(11-19)18(21)13-5-7-14(20)8-6-13/h4-10H,3,20H2,1-2H3. The number of fused-ring (bicyclic) bond motifs is 1. The van der Waals surface area contributed by atoms with Gasteiger partial charge in [0.25, 0.3) is 0 Å². The molecule has 3 rings (SSSR count). The van der Waals surface area contributed by atoms with Gasteiger partial charge in [-0.15, -0.1) is 0 Å². The molecule has 0 bridgehead atoms. The highest BCUT2D eigenvalue weighted by Gasteiger charge is 2.17. The zero-order valence-corrected chi connectivity index (χ0v) is 12.2. The maximum Gasteiger partial charge on any atom is 0.102 e. The van der Waals surface area contributed by atoms with Crippen molar-refractivity contribution >= 4 is 16.6 Å². The average molecular weight is 275 g/mol. The summed E-state index contributed by atoms with van der Waals surface area (Å²) in [7, 11) is 0. The number of nitrogens with two attached hydrogens (primary N) is 1. The molecular weight excluding hydrogens is 258 g/mol. The highest BCUT2D eigenvalue weighted by atomic mass is 15.0. The molecule has 0 amide bonds. The minimum atomic E-state index is 0.729. The van der Waals surface area contributed by atoms with Gasteiger partial charge in [-0.1, -0.05) is 24.3 Å². The van der Waals surface area contributed by atoms with E-state index in [4.69, 9.17) is 5.73 Å². The third kappa shape index (κ3) is 2.05. The molecule has 2 aromatic carbocycles. The van der Waals surface area contributed by atoms with E-state index in [1.54, 1.807) is 0 Å². The van der Waals surface area contributed by atoms with Crippen molar-refractivity contribution < 1.29 is 0 Å². The van der Waals surface area contributed by atoms with Crippen molar-refractivity contribution in [1.82, 2.24) is 4.57 Å². The van der Waals surface area contributed by atoms with Gasteiger partial charge in [0, 0.05) is 17.6 Å². The Morgan fingerprint density at radius 3 is 2.48 bits per heavy atom. The number of hydrogen-bond donors (Lipinski definition) is 1. The van der Waals surface area contributed by atoms with E-state index in [-0.39, 0.29) is 0 Å². The Hall–Kier alpha value is -2.73. The van der Waals surface area contributed by atoms with E-state index in [0.29, 0.717) is 0 Å².